The highest BCUT2D eigenvalue weighted by atomic mass is 16.1. The van der Waals surface area contributed by atoms with Gasteiger partial charge in [-0.25, -0.2) is 0 Å². The second kappa shape index (κ2) is 6.72. The summed E-state index contributed by atoms with van der Waals surface area (Å²) in [6, 6.07) is 22.7. The van der Waals surface area contributed by atoms with Crippen LogP contribution in [-0.2, 0) is 6.54 Å². The Labute approximate surface area is 151 Å². The van der Waals surface area contributed by atoms with Gasteiger partial charge in [-0.3, -0.25) is 9.48 Å². The summed E-state index contributed by atoms with van der Waals surface area (Å²) in [6.07, 6.45) is 2.02. The quantitative estimate of drug-likeness (QED) is 0.552. The Bertz CT molecular complexity index is 1030. The smallest absolute Gasteiger partial charge is 0.255 e. The molecule has 0 saturated carbocycles. The van der Waals surface area contributed by atoms with E-state index in [-0.39, 0.29) is 5.91 Å². The van der Waals surface area contributed by atoms with Crippen molar-refractivity contribution in [3.05, 3.63) is 90.1 Å². The minimum Gasteiger partial charge on any atom is -0.397 e. The number of rotatable bonds is 4. The minimum absolute atomic E-state index is 0.181. The zero-order valence-electron chi connectivity index (χ0n) is 14.1. The monoisotopic (exact) mass is 342 g/mol. The molecule has 0 atom stereocenters. The molecule has 0 radical (unpaired) electrons. The van der Waals surface area contributed by atoms with Gasteiger partial charge in [-0.15, -0.1) is 0 Å². The number of fused-ring (bicyclic) bond motifs is 1. The molecule has 1 aromatic heterocycles. The van der Waals surface area contributed by atoms with Crippen LogP contribution in [0.2, 0.25) is 0 Å². The van der Waals surface area contributed by atoms with E-state index in [1.165, 1.54) is 0 Å². The third-order valence-electron chi connectivity index (χ3n) is 4.23. The fourth-order valence-electron chi connectivity index (χ4n) is 2.85. The third-order valence-corrected chi connectivity index (χ3v) is 4.23. The molecule has 26 heavy (non-hydrogen) atoms. The summed E-state index contributed by atoms with van der Waals surface area (Å²) in [5, 5.41) is 8.50. The lowest BCUT2D eigenvalue weighted by Gasteiger charge is -2.08. The van der Waals surface area contributed by atoms with Gasteiger partial charge in [0.1, 0.15) is 0 Å². The number of hydrogen-bond donors (Lipinski definition) is 2. The highest BCUT2D eigenvalue weighted by molar-refractivity contribution is 6.05. The van der Waals surface area contributed by atoms with E-state index in [1.807, 2.05) is 71.5 Å². The first-order chi connectivity index (χ1) is 12.7. The number of nitrogen functional groups attached to an aromatic ring is 1. The largest absolute Gasteiger partial charge is 0.397 e. The van der Waals surface area contributed by atoms with E-state index in [4.69, 9.17) is 5.73 Å². The number of nitrogens with two attached hydrogens (primary N) is 1. The number of amides is 1. The number of nitrogens with one attached hydrogen (secondary N) is 1. The number of hydrogen-bond acceptors (Lipinski definition) is 3. The molecular formula is C21H18N4O. The van der Waals surface area contributed by atoms with E-state index in [0.717, 1.165) is 16.5 Å². The molecule has 1 amide bonds. The Morgan fingerprint density at radius 3 is 2.46 bits per heavy atom. The minimum atomic E-state index is -0.181. The van der Waals surface area contributed by atoms with Crippen LogP contribution in [-0.4, -0.2) is 15.7 Å². The predicted octanol–water partition coefficient (Wildman–Crippen LogP) is 3.92. The van der Waals surface area contributed by atoms with Gasteiger partial charge >= 0.3 is 0 Å². The van der Waals surface area contributed by atoms with Gasteiger partial charge in [0.25, 0.3) is 5.91 Å². The number of anilines is 2. The number of para-hydroxylation sites is 2. The van der Waals surface area contributed by atoms with Crippen molar-refractivity contribution in [3.8, 4) is 0 Å². The van der Waals surface area contributed by atoms with E-state index in [2.05, 4.69) is 10.4 Å². The Kier molecular flexibility index (Phi) is 4.11. The molecule has 128 valence electrons. The van der Waals surface area contributed by atoms with E-state index in [1.54, 1.807) is 12.1 Å². The van der Waals surface area contributed by atoms with E-state index in [0.29, 0.717) is 23.5 Å². The molecule has 4 rings (SSSR count). The van der Waals surface area contributed by atoms with Crippen molar-refractivity contribution in [1.82, 2.24) is 9.78 Å². The normalized spacial score (nSPS) is 10.8. The van der Waals surface area contributed by atoms with Gasteiger partial charge in [-0.1, -0.05) is 42.5 Å². The molecule has 0 aliphatic heterocycles. The molecular weight excluding hydrogens is 324 g/mol. The molecule has 0 aliphatic rings. The van der Waals surface area contributed by atoms with Crippen molar-refractivity contribution in [2.45, 2.75) is 6.54 Å². The summed E-state index contributed by atoms with van der Waals surface area (Å²) >= 11 is 0. The lowest BCUT2D eigenvalue weighted by molar-refractivity contribution is 0.102. The predicted molar refractivity (Wildman–Crippen MR) is 104 cm³/mol. The van der Waals surface area contributed by atoms with E-state index < -0.39 is 0 Å². The van der Waals surface area contributed by atoms with Gasteiger partial charge in [0.2, 0.25) is 0 Å². The van der Waals surface area contributed by atoms with Crippen molar-refractivity contribution < 1.29 is 4.79 Å². The van der Waals surface area contributed by atoms with Crippen molar-refractivity contribution in [1.29, 1.82) is 0 Å². The Morgan fingerprint density at radius 1 is 0.962 bits per heavy atom. The SMILES string of the molecule is Nc1ccccc1NC(=O)c1ccc(Cn2cc3ccccc3n2)cc1. The Hall–Kier alpha value is -3.60. The van der Waals surface area contributed by atoms with Gasteiger partial charge < -0.3 is 11.1 Å². The molecule has 0 bridgehead atoms. The molecule has 0 fully saturated rings. The lowest BCUT2D eigenvalue weighted by Crippen LogP contribution is -2.13. The fraction of sp³-hybridized carbons (Fsp3) is 0.0476. The molecule has 0 saturated heterocycles. The van der Waals surface area contributed by atoms with Crippen LogP contribution in [0.25, 0.3) is 10.9 Å². The van der Waals surface area contributed by atoms with Crippen LogP contribution in [0.3, 0.4) is 0 Å². The number of benzene rings is 3. The first-order valence-corrected chi connectivity index (χ1v) is 8.36. The molecule has 3 aromatic carbocycles. The van der Waals surface area contributed by atoms with Crippen LogP contribution in [0.15, 0.2) is 79.0 Å². The molecule has 1 heterocycles. The number of aromatic nitrogens is 2. The Balaban J connectivity index is 1.47. The number of carbonyl (C=O) groups is 1. The average molecular weight is 342 g/mol. The second-order valence-electron chi connectivity index (χ2n) is 6.12. The zero-order chi connectivity index (χ0) is 17.9. The van der Waals surface area contributed by atoms with Crippen LogP contribution in [0.1, 0.15) is 15.9 Å². The molecule has 4 aromatic rings. The van der Waals surface area contributed by atoms with E-state index in [9.17, 15) is 4.79 Å². The van der Waals surface area contributed by atoms with Crippen LogP contribution in [0, 0.1) is 0 Å². The van der Waals surface area contributed by atoms with Gasteiger partial charge in [-0.05, 0) is 35.9 Å². The maximum Gasteiger partial charge on any atom is 0.255 e. The van der Waals surface area contributed by atoms with Crippen LogP contribution in [0.4, 0.5) is 11.4 Å². The number of carbonyl (C=O) groups excluding carboxylic acids is 1. The van der Waals surface area contributed by atoms with Gasteiger partial charge in [0.15, 0.2) is 0 Å². The standard InChI is InChI=1S/C21H18N4O/c22-18-6-2-4-8-20(18)23-21(26)16-11-9-15(10-12-16)13-25-14-17-5-1-3-7-19(17)24-25/h1-12,14H,13,22H2,(H,23,26). The van der Waals surface area contributed by atoms with Crippen molar-refractivity contribution in [3.63, 3.8) is 0 Å². The molecule has 5 heteroatoms. The average Bonchev–Trinajstić information content (AvgIpc) is 3.06. The maximum atomic E-state index is 12.4. The molecule has 0 aliphatic carbocycles. The summed E-state index contributed by atoms with van der Waals surface area (Å²) in [7, 11) is 0. The summed E-state index contributed by atoms with van der Waals surface area (Å²) < 4.78 is 1.91. The summed E-state index contributed by atoms with van der Waals surface area (Å²) in [5.74, 6) is -0.181. The molecule has 0 spiro atoms. The molecule has 3 N–H and O–H groups in total. The number of nitrogens with zero attached hydrogens (tertiary/aromatic N) is 2. The van der Waals surface area contributed by atoms with Gasteiger partial charge in [0.05, 0.1) is 23.4 Å². The van der Waals surface area contributed by atoms with Crippen molar-refractivity contribution in [2.24, 2.45) is 0 Å². The molecule has 0 unspecified atom stereocenters. The first-order valence-electron chi connectivity index (χ1n) is 8.36. The fourth-order valence-corrected chi connectivity index (χ4v) is 2.85. The maximum absolute atomic E-state index is 12.4. The van der Waals surface area contributed by atoms with Crippen LogP contribution >= 0.6 is 0 Å². The second-order valence-corrected chi connectivity index (χ2v) is 6.12. The van der Waals surface area contributed by atoms with Gasteiger partial charge in [0, 0.05) is 17.1 Å². The van der Waals surface area contributed by atoms with Crippen LogP contribution < -0.4 is 11.1 Å². The third kappa shape index (κ3) is 3.28. The zero-order valence-corrected chi connectivity index (χ0v) is 14.1. The first kappa shape index (κ1) is 15.9. The highest BCUT2D eigenvalue weighted by Gasteiger charge is 2.08. The Morgan fingerprint density at radius 2 is 1.69 bits per heavy atom. The summed E-state index contributed by atoms with van der Waals surface area (Å²) in [5.41, 5.74) is 9.66. The topological polar surface area (TPSA) is 72.9 Å². The van der Waals surface area contributed by atoms with E-state index >= 15 is 0 Å². The summed E-state index contributed by atoms with van der Waals surface area (Å²) in [4.78, 5) is 12.4. The molecule has 5 nitrogen and oxygen atoms in total. The van der Waals surface area contributed by atoms with Crippen molar-refractivity contribution >= 4 is 28.2 Å². The summed E-state index contributed by atoms with van der Waals surface area (Å²) in [6.45, 7) is 0.655. The van der Waals surface area contributed by atoms with Crippen LogP contribution in [0.5, 0.6) is 0 Å². The lowest BCUT2D eigenvalue weighted by atomic mass is 10.1. The highest BCUT2D eigenvalue weighted by Crippen LogP contribution is 2.18. The van der Waals surface area contributed by atoms with Gasteiger partial charge in [-0.2, -0.15) is 5.10 Å². The van der Waals surface area contributed by atoms with Crippen molar-refractivity contribution in [2.75, 3.05) is 11.1 Å².